The predicted octanol–water partition coefficient (Wildman–Crippen LogP) is 4.23. The fourth-order valence-corrected chi connectivity index (χ4v) is 3.30. The third-order valence-electron chi connectivity index (χ3n) is 3.45. The summed E-state index contributed by atoms with van der Waals surface area (Å²) < 4.78 is 14.1. The molecule has 1 nitrogen and oxygen atoms in total. The molecule has 0 saturated heterocycles. The van der Waals surface area contributed by atoms with E-state index in [4.69, 9.17) is 5.73 Å². The van der Waals surface area contributed by atoms with E-state index in [2.05, 4.69) is 6.07 Å². The molecule has 0 spiro atoms. The lowest BCUT2D eigenvalue weighted by atomic mass is 10.1. The van der Waals surface area contributed by atoms with E-state index < -0.39 is 0 Å². The van der Waals surface area contributed by atoms with Crippen LogP contribution in [0.2, 0.25) is 0 Å². The molecule has 1 heterocycles. The van der Waals surface area contributed by atoms with Gasteiger partial charge in [-0.2, -0.15) is 0 Å². The van der Waals surface area contributed by atoms with Crippen LogP contribution in [0.4, 0.5) is 4.39 Å². The van der Waals surface area contributed by atoms with E-state index in [9.17, 15) is 4.39 Å². The molecular weight excluding hydrogens is 233 g/mol. The van der Waals surface area contributed by atoms with Crippen molar-refractivity contribution in [1.29, 1.82) is 0 Å². The second kappa shape index (κ2) is 4.39. The molecule has 2 N–H and O–H groups in total. The van der Waals surface area contributed by atoms with Gasteiger partial charge in [0.25, 0.3) is 0 Å². The van der Waals surface area contributed by atoms with Crippen molar-refractivity contribution in [1.82, 2.24) is 0 Å². The standard InChI is InChI=1S/C14H16FNS/c15-11-5-4-10-7-14(17-13(10)8-11)12(16)6-3-9-1-2-9/h4-5,7-9,12H,1-3,6,16H2. The molecule has 0 radical (unpaired) electrons. The van der Waals surface area contributed by atoms with Gasteiger partial charge in [-0.1, -0.05) is 18.9 Å². The summed E-state index contributed by atoms with van der Waals surface area (Å²) in [5.41, 5.74) is 6.19. The van der Waals surface area contributed by atoms with E-state index in [1.54, 1.807) is 17.4 Å². The minimum atomic E-state index is -0.169. The monoisotopic (exact) mass is 249 g/mol. The SMILES string of the molecule is NC(CCC1CC1)c1cc2ccc(F)cc2s1. The molecule has 1 fully saturated rings. The highest BCUT2D eigenvalue weighted by molar-refractivity contribution is 7.19. The minimum absolute atomic E-state index is 0.121. The first-order valence-corrected chi connectivity index (χ1v) is 6.98. The van der Waals surface area contributed by atoms with Crippen LogP contribution in [0.1, 0.15) is 36.6 Å². The summed E-state index contributed by atoms with van der Waals surface area (Å²) in [6.45, 7) is 0. The fourth-order valence-electron chi connectivity index (χ4n) is 2.17. The van der Waals surface area contributed by atoms with Gasteiger partial charge in [-0.25, -0.2) is 4.39 Å². The Morgan fingerprint density at radius 1 is 1.35 bits per heavy atom. The second-order valence-electron chi connectivity index (χ2n) is 4.96. The number of hydrogen-bond acceptors (Lipinski definition) is 2. The molecule has 17 heavy (non-hydrogen) atoms. The number of halogens is 1. The van der Waals surface area contributed by atoms with E-state index in [1.165, 1.54) is 30.2 Å². The summed E-state index contributed by atoms with van der Waals surface area (Å²) in [5.74, 6) is 0.755. The maximum atomic E-state index is 13.1. The zero-order valence-electron chi connectivity index (χ0n) is 9.66. The zero-order chi connectivity index (χ0) is 11.8. The lowest BCUT2D eigenvalue weighted by Gasteiger charge is -2.07. The Morgan fingerprint density at radius 2 is 2.18 bits per heavy atom. The molecule has 0 amide bonds. The largest absolute Gasteiger partial charge is 0.323 e. The normalized spacial score (nSPS) is 17.5. The van der Waals surface area contributed by atoms with Crippen molar-refractivity contribution < 1.29 is 4.39 Å². The molecule has 3 rings (SSSR count). The van der Waals surface area contributed by atoms with Gasteiger partial charge in [-0.05, 0) is 42.3 Å². The predicted molar refractivity (Wildman–Crippen MR) is 70.7 cm³/mol. The van der Waals surface area contributed by atoms with Crippen molar-refractivity contribution in [2.75, 3.05) is 0 Å². The van der Waals surface area contributed by atoms with Gasteiger partial charge in [0.15, 0.2) is 0 Å². The van der Waals surface area contributed by atoms with Gasteiger partial charge in [0.2, 0.25) is 0 Å². The summed E-state index contributed by atoms with van der Waals surface area (Å²) in [6, 6.07) is 7.16. The number of nitrogens with two attached hydrogens (primary N) is 1. The first kappa shape index (κ1) is 11.2. The summed E-state index contributed by atoms with van der Waals surface area (Å²) >= 11 is 1.63. The van der Waals surface area contributed by atoms with Crippen LogP contribution in [0.15, 0.2) is 24.3 Å². The van der Waals surface area contributed by atoms with Crippen molar-refractivity contribution >= 4 is 21.4 Å². The van der Waals surface area contributed by atoms with Crippen molar-refractivity contribution in [3.63, 3.8) is 0 Å². The molecule has 1 unspecified atom stereocenters. The zero-order valence-corrected chi connectivity index (χ0v) is 10.5. The molecule has 90 valence electrons. The molecule has 0 bridgehead atoms. The third-order valence-corrected chi connectivity index (χ3v) is 4.68. The van der Waals surface area contributed by atoms with E-state index >= 15 is 0 Å². The Bertz CT molecular complexity index is 530. The molecule has 1 saturated carbocycles. The van der Waals surface area contributed by atoms with E-state index in [-0.39, 0.29) is 11.9 Å². The van der Waals surface area contributed by atoms with Crippen molar-refractivity contribution in [3.8, 4) is 0 Å². The Morgan fingerprint density at radius 3 is 2.94 bits per heavy atom. The molecule has 1 aromatic heterocycles. The molecule has 2 aromatic rings. The topological polar surface area (TPSA) is 26.0 Å². The van der Waals surface area contributed by atoms with E-state index in [1.807, 2.05) is 6.07 Å². The number of rotatable bonds is 4. The molecule has 0 aliphatic heterocycles. The maximum absolute atomic E-state index is 13.1. The summed E-state index contributed by atoms with van der Waals surface area (Å²) in [4.78, 5) is 1.19. The van der Waals surface area contributed by atoms with E-state index in [0.29, 0.717) is 0 Å². The first-order chi connectivity index (χ1) is 8.22. The summed E-state index contributed by atoms with van der Waals surface area (Å²) in [5, 5.41) is 1.10. The Balaban J connectivity index is 1.78. The molecule has 1 aromatic carbocycles. The van der Waals surface area contributed by atoms with Crippen LogP contribution in [0.5, 0.6) is 0 Å². The van der Waals surface area contributed by atoms with Gasteiger partial charge in [-0.15, -0.1) is 11.3 Å². The highest BCUT2D eigenvalue weighted by Gasteiger charge is 2.22. The van der Waals surface area contributed by atoms with Crippen LogP contribution in [-0.4, -0.2) is 0 Å². The number of thiophene rings is 1. The second-order valence-corrected chi connectivity index (χ2v) is 6.07. The van der Waals surface area contributed by atoms with Gasteiger partial charge in [-0.3, -0.25) is 0 Å². The van der Waals surface area contributed by atoms with Crippen molar-refractivity contribution in [3.05, 3.63) is 35.0 Å². The lowest BCUT2D eigenvalue weighted by Crippen LogP contribution is -2.08. The maximum Gasteiger partial charge on any atom is 0.124 e. The average molecular weight is 249 g/mol. The fraction of sp³-hybridized carbons (Fsp3) is 0.429. The Hall–Kier alpha value is -0.930. The van der Waals surface area contributed by atoms with Crippen LogP contribution in [0, 0.1) is 11.7 Å². The van der Waals surface area contributed by atoms with Crippen LogP contribution in [0.25, 0.3) is 10.1 Å². The third kappa shape index (κ3) is 2.50. The van der Waals surface area contributed by atoms with E-state index in [0.717, 1.165) is 22.4 Å². The van der Waals surface area contributed by atoms with Crippen LogP contribution >= 0.6 is 11.3 Å². The van der Waals surface area contributed by atoms with Crippen molar-refractivity contribution in [2.45, 2.75) is 31.7 Å². The van der Waals surface area contributed by atoms with Crippen LogP contribution in [0.3, 0.4) is 0 Å². The van der Waals surface area contributed by atoms with Crippen LogP contribution < -0.4 is 5.73 Å². The quantitative estimate of drug-likeness (QED) is 0.862. The number of fused-ring (bicyclic) bond motifs is 1. The van der Waals surface area contributed by atoms with Gasteiger partial charge < -0.3 is 5.73 Å². The molecule has 1 aliphatic rings. The highest BCUT2D eigenvalue weighted by Crippen LogP contribution is 2.37. The van der Waals surface area contributed by atoms with Gasteiger partial charge in [0.05, 0.1) is 0 Å². The smallest absolute Gasteiger partial charge is 0.124 e. The highest BCUT2D eigenvalue weighted by atomic mass is 32.1. The summed E-state index contributed by atoms with van der Waals surface area (Å²) in [6.07, 6.45) is 5.05. The average Bonchev–Trinajstić information content (AvgIpc) is 3.04. The molecule has 3 heteroatoms. The number of hydrogen-bond donors (Lipinski definition) is 1. The first-order valence-electron chi connectivity index (χ1n) is 6.17. The molecule has 1 aliphatic carbocycles. The Labute approximate surface area is 104 Å². The van der Waals surface area contributed by atoms with Gasteiger partial charge in [0, 0.05) is 15.6 Å². The Kier molecular flexibility index (Phi) is 2.89. The molecule has 1 atom stereocenters. The summed E-state index contributed by atoms with van der Waals surface area (Å²) in [7, 11) is 0. The minimum Gasteiger partial charge on any atom is -0.323 e. The van der Waals surface area contributed by atoms with Gasteiger partial charge in [0.1, 0.15) is 5.82 Å². The van der Waals surface area contributed by atoms with Crippen LogP contribution in [-0.2, 0) is 0 Å². The van der Waals surface area contributed by atoms with Gasteiger partial charge >= 0.3 is 0 Å². The van der Waals surface area contributed by atoms with Crippen molar-refractivity contribution in [2.24, 2.45) is 11.7 Å². The molecular formula is C14H16FNS. The lowest BCUT2D eigenvalue weighted by molar-refractivity contribution is 0.582. The number of benzene rings is 1.